The summed E-state index contributed by atoms with van der Waals surface area (Å²) in [6, 6.07) is 19.0. The second-order valence-electron chi connectivity index (χ2n) is 7.39. The van der Waals surface area contributed by atoms with E-state index in [2.05, 4.69) is 15.3 Å². The van der Waals surface area contributed by atoms with Crippen molar-refractivity contribution in [3.63, 3.8) is 0 Å². The van der Waals surface area contributed by atoms with E-state index in [4.69, 9.17) is 11.6 Å². The largest absolute Gasteiger partial charge is 0.369 e. The van der Waals surface area contributed by atoms with Crippen LogP contribution >= 0.6 is 11.6 Å². The van der Waals surface area contributed by atoms with Crippen LogP contribution in [0.3, 0.4) is 0 Å². The van der Waals surface area contributed by atoms with Crippen LogP contribution in [-0.4, -0.2) is 34.8 Å². The zero-order valence-electron chi connectivity index (χ0n) is 16.5. The van der Waals surface area contributed by atoms with E-state index in [1.54, 1.807) is 18.3 Å². The number of nitrogens with zero attached hydrogens (tertiary/aromatic N) is 3. The van der Waals surface area contributed by atoms with Crippen molar-refractivity contribution in [2.24, 2.45) is 0 Å². The molecule has 1 N–H and O–H groups in total. The summed E-state index contributed by atoms with van der Waals surface area (Å²) in [7, 11) is 0. The Morgan fingerprint density at radius 2 is 1.67 bits per heavy atom. The Morgan fingerprint density at radius 3 is 2.33 bits per heavy atom. The van der Waals surface area contributed by atoms with Crippen LogP contribution in [-0.2, 0) is 6.54 Å². The molecule has 30 heavy (non-hydrogen) atoms. The van der Waals surface area contributed by atoms with Crippen LogP contribution in [0.1, 0.15) is 28.8 Å². The molecule has 0 aliphatic carbocycles. The fourth-order valence-corrected chi connectivity index (χ4v) is 3.93. The van der Waals surface area contributed by atoms with E-state index in [0.29, 0.717) is 30.9 Å². The zero-order chi connectivity index (χ0) is 20.9. The Hall–Kier alpha value is -3.12. The van der Waals surface area contributed by atoms with Gasteiger partial charge in [-0.15, -0.1) is 0 Å². The van der Waals surface area contributed by atoms with Crippen molar-refractivity contribution in [1.29, 1.82) is 0 Å². The van der Waals surface area contributed by atoms with Gasteiger partial charge >= 0.3 is 0 Å². The lowest BCUT2D eigenvalue weighted by molar-refractivity contribution is 0.0931. The highest BCUT2D eigenvalue weighted by Gasteiger charge is 2.24. The molecule has 4 rings (SSSR count). The van der Waals surface area contributed by atoms with Crippen molar-refractivity contribution in [3.8, 4) is 0 Å². The van der Waals surface area contributed by atoms with Gasteiger partial charge in [0, 0.05) is 24.7 Å². The number of halogens is 1. The van der Waals surface area contributed by atoms with Crippen LogP contribution in [0, 0.1) is 0 Å². The highest BCUT2D eigenvalue weighted by atomic mass is 35.5. The van der Waals surface area contributed by atoms with Gasteiger partial charge in [-0.3, -0.25) is 9.59 Å². The van der Waals surface area contributed by atoms with E-state index in [1.807, 2.05) is 48.5 Å². The zero-order valence-corrected chi connectivity index (χ0v) is 17.3. The Morgan fingerprint density at radius 1 is 1.03 bits per heavy atom. The first-order valence-corrected chi connectivity index (χ1v) is 10.4. The van der Waals surface area contributed by atoms with Gasteiger partial charge in [0.1, 0.15) is 5.02 Å². The molecule has 6 nitrogen and oxygen atoms in total. The van der Waals surface area contributed by atoms with Crippen LogP contribution in [0.25, 0.3) is 0 Å². The standard InChI is InChI=1S/C23H23ClN4O2/c24-21-20(15-25-28(23(21)30)16-17-7-3-1-4-8-17)27-13-11-19(12-14-27)26-22(29)18-9-5-2-6-10-18/h1-10,15,19H,11-14,16H2,(H,26,29). The molecule has 1 fully saturated rings. The highest BCUT2D eigenvalue weighted by Crippen LogP contribution is 2.25. The van der Waals surface area contributed by atoms with Gasteiger partial charge in [-0.05, 0) is 30.5 Å². The number of carbonyl (C=O) groups is 1. The SMILES string of the molecule is O=C(NC1CCN(c2cnn(Cc3ccccc3)c(=O)c2Cl)CC1)c1ccccc1. The van der Waals surface area contributed by atoms with Gasteiger partial charge in [-0.25, -0.2) is 4.68 Å². The first kappa shape index (κ1) is 20.2. The molecule has 1 aliphatic rings. The fourth-order valence-electron chi connectivity index (χ4n) is 3.67. The second-order valence-corrected chi connectivity index (χ2v) is 7.77. The topological polar surface area (TPSA) is 67.2 Å². The van der Waals surface area contributed by atoms with Crippen molar-refractivity contribution in [1.82, 2.24) is 15.1 Å². The highest BCUT2D eigenvalue weighted by molar-refractivity contribution is 6.33. The molecule has 0 radical (unpaired) electrons. The first-order chi connectivity index (χ1) is 14.6. The van der Waals surface area contributed by atoms with E-state index in [0.717, 1.165) is 18.4 Å². The fraction of sp³-hybridized carbons (Fsp3) is 0.261. The van der Waals surface area contributed by atoms with E-state index >= 15 is 0 Å². The molecular weight excluding hydrogens is 400 g/mol. The second kappa shape index (κ2) is 9.13. The van der Waals surface area contributed by atoms with Crippen molar-refractivity contribution in [2.45, 2.75) is 25.4 Å². The van der Waals surface area contributed by atoms with Crippen LogP contribution in [0.2, 0.25) is 5.02 Å². The number of carbonyl (C=O) groups excluding carboxylic acids is 1. The molecule has 3 aromatic rings. The van der Waals surface area contributed by atoms with Crippen molar-refractivity contribution < 1.29 is 4.79 Å². The third kappa shape index (κ3) is 4.54. The third-order valence-electron chi connectivity index (χ3n) is 5.35. The quantitative estimate of drug-likeness (QED) is 0.684. The summed E-state index contributed by atoms with van der Waals surface area (Å²) in [5.74, 6) is -0.0581. The minimum atomic E-state index is -0.294. The summed E-state index contributed by atoms with van der Waals surface area (Å²) in [6.45, 7) is 1.78. The number of nitrogens with one attached hydrogen (secondary N) is 1. The van der Waals surface area contributed by atoms with E-state index in [-0.39, 0.29) is 22.5 Å². The van der Waals surface area contributed by atoms with Gasteiger partial charge in [-0.1, -0.05) is 60.1 Å². The molecule has 2 heterocycles. The van der Waals surface area contributed by atoms with Crippen molar-refractivity contribution in [2.75, 3.05) is 18.0 Å². The van der Waals surface area contributed by atoms with Crippen LogP contribution in [0.4, 0.5) is 5.69 Å². The molecule has 1 amide bonds. The Bertz CT molecular complexity index is 1060. The van der Waals surface area contributed by atoms with Gasteiger partial charge < -0.3 is 10.2 Å². The molecule has 0 spiro atoms. The Kier molecular flexibility index (Phi) is 6.14. The molecule has 0 bridgehead atoms. The molecule has 2 aromatic carbocycles. The number of rotatable bonds is 5. The number of aromatic nitrogens is 2. The first-order valence-electron chi connectivity index (χ1n) is 10.0. The summed E-state index contributed by atoms with van der Waals surface area (Å²) >= 11 is 6.41. The molecule has 0 saturated carbocycles. The van der Waals surface area contributed by atoms with E-state index in [1.165, 1.54) is 4.68 Å². The maximum absolute atomic E-state index is 12.7. The lowest BCUT2D eigenvalue weighted by atomic mass is 10.0. The van der Waals surface area contributed by atoms with E-state index in [9.17, 15) is 9.59 Å². The van der Waals surface area contributed by atoms with Gasteiger partial charge in [0.25, 0.3) is 11.5 Å². The molecule has 1 aromatic heterocycles. The number of amides is 1. The summed E-state index contributed by atoms with van der Waals surface area (Å²) in [5.41, 5.74) is 2.01. The predicted molar refractivity (Wildman–Crippen MR) is 118 cm³/mol. The molecule has 0 atom stereocenters. The van der Waals surface area contributed by atoms with Crippen LogP contribution in [0.5, 0.6) is 0 Å². The van der Waals surface area contributed by atoms with Crippen LogP contribution in [0.15, 0.2) is 71.7 Å². The predicted octanol–water partition coefficient (Wildman–Crippen LogP) is 3.34. The minimum absolute atomic E-state index is 0.0581. The smallest absolute Gasteiger partial charge is 0.287 e. The minimum Gasteiger partial charge on any atom is -0.369 e. The molecule has 0 unspecified atom stereocenters. The van der Waals surface area contributed by atoms with Crippen molar-refractivity contribution in [3.05, 3.63) is 93.4 Å². The number of anilines is 1. The Labute approximate surface area is 180 Å². The Balaban J connectivity index is 1.39. The molecule has 1 aliphatic heterocycles. The number of benzene rings is 2. The molecular formula is C23H23ClN4O2. The average Bonchev–Trinajstić information content (AvgIpc) is 2.79. The average molecular weight is 423 g/mol. The summed E-state index contributed by atoms with van der Waals surface area (Å²) in [4.78, 5) is 27.1. The summed E-state index contributed by atoms with van der Waals surface area (Å²) < 4.78 is 1.38. The number of hydrogen-bond donors (Lipinski definition) is 1. The third-order valence-corrected chi connectivity index (χ3v) is 5.70. The lowest BCUT2D eigenvalue weighted by Crippen LogP contribution is -2.45. The normalized spacial score (nSPS) is 14.5. The molecule has 154 valence electrons. The van der Waals surface area contributed by atoms with Gasteiger partial charge in [-0.2, -0.15) is 5.10 Å². The maximum atomic E-state index is 12.7. The number of hydrogen-bond acceptors (Lipinski definition) is 4. The molecule has 7 heteroatoms. The summed E-state index contributed by atoms with van der Waals surface area (Å²) in [5, 5.41) is 7.60. The maximum Gasteiger partial charge on any atom is 0.287 e. The monoisotopic (exact) mass is 422 g/mol. The van der Waals surface area contributed by atoms with Crippen LogP contribution < -0.4 is 15.8 Å². The summed E-state index contributed by atoms with van der Waals surface area (Å²) in [6.07, 6.45) is 3.22. The van der Waals surface area contributed by atoms with Gasteiger partial charge in [0.15, 0.2) is 0 Å². The number of piperidine rings is 1. The van der Waals surface area contributed by atoms with Crippen molar-refractivity contribution >= 4 is 23.2 Å². The van der Waals surface area contributed by atoms with Gasteiger partial charge in [0.05, 0.1) is 18.4 Å². The molecule has 1 saturated heterocycles. The van der Waals surface area contributed by atoms with E-state index < -0.39 is 0 Å². The lowest BCUT2D eigenvalue weighted by Gasteiger charge is -2.34. The van der Waals surface area contributed by atoms with Gasteiger partial charge in [0.2, 0.25) is 0 Å².